The van der Waals surface area contributed by atoms with Gasteiger partial charge in [0.05, 0.1) is 6.26 Å². The van der Waals surface area contributed by atoms with Crippen molar-refractivity contribution in [2.24, 2.45) is 0 Å². The summed E-state index contributed by atoms with van der Waals surface area (Å²) in [6.45, 7) is 4.00. The van der Waals surface area contributed by atoms with E-state index in [0.29, 0.717) is 22.7 Å². The average molecular weight is 397 g/mol. The number of benzene rings is 2. The molecule has 7 heteroatoms. The number of hydrogen-bond acceptors (Lipinski definition) is 4. The van der Waals surface area contributed by atoms with Crippen LogP contribution in [0.3, 0.4) is 0 Å². The fourth-order valence-corrected chi connectivity index (χ4v) is 2.85. The number of fused-ring (bicyclic) bond motifs is 1. The molecule has 0 spiro atoms. The van der Waals surface area contributed by atoms with Gasteiger partial charge in [0, 0.05) is 15.7 Å². The van der Waals surface area contributed by atoms with Gasteiger partial charge in [0.1, 0.15) is 5.52 Å². The first-order chi connectivity index (χ1) is 10.9. The molecule has 0 aliphatic rings. The number of aromatic nitrogens is 1. The van der Waals surface area contributed by atoms with Gasteiger partial charge in [-0.15, -0.1) is 0 Å². The number of nitrogens with one attached hydrogen (secondary N) is 1. The number of anilines is 1. The van der Waals surface area contributed by atoms with E-state index in [4.69, 9.17) is 4.42 Å². The molecule has 0 saturated heterocycles. The second-order valence-electron chi connectivity index (χ2n) is 4.59. The second-order valence-corrected chi connectivity index (χ2v) is 7.25. The minimum Gasteiger partial charge on any atom is -0.436 e. The molecular formula is C16H17BrN2O3S. The maximum atomic E-state index is 11.3. The summed E-state index contributed by atoms with van der Waals surface area (Å²) in [5, 5.41) is 0. The van der Waals surface area contributed by atoms with Gasteiger partial charge < -0.3 is 4.42 Å². The molecule has 2 aromatic carbocycles. The highest BCUT2D eigenvalue weighted by Crippen LogP contribution is 2.28. The zero-order valence-corrected chi connectivity index (χ0v) is 15.4. The molecular weight excluding hydrogens is 380 g/mol. The van der Waals surface area contributed by atoms with Gasteiger partial charge in [0.15, 0.2) is 5.58 Å². The van der Waals surface area contributed by atoms with Crippen LogP contribution in [-0.4, -0.2) is 19.7 Å². The lowest BCUT2D eigenvalue weighted by molar-refractivity contribution is 0.606. The van der Waals surface area contributed by atoms with Crippen molar-refractivity contribution < 1.29 is 12.8 Å². The normalized spacial score (nSPS) is 11.0. The van der Waals surface area contributed by atoms with Crippen LogP contribution in [-0.2, 0) is 10.0 Å². The van der Waals surface area contributed by atoms with Crippen LogP contribution in [0, 0.1) is 0 Å². The number of rotatable bonds is 3. The molecule has 0 atom stereocenters. The highest BCUT2D eigenvalue weighted by Gasteiger charge is 2.10. The lowest BCUT2D eigenvalue weighted by Gasteiger charge is -2.04. The third kappa shape index (κ3) is 4.56. The third-order valence-electron chi connectivity index (χ3n) is 2.76. The van der Waals surface area contributed by atoms with Crippen LogP contribution in [0.15, 0.2) is 51.4 Å². The van der Waals surface area contributed by atoms with E-state index in [1.165, 1.54) is 0 Å². The van der Waals surface area contributed by atoms with Crippen LogP contribution >= 0.6 is 15.9 Å². The van der Waals surface area contributed by atoms with Gasteiger partial charge in [-0.2, -0.15) is 0 Å². The molecule has 23 heavy (non-hydrogen) atoms. The van der Waals surface area contributed by atoms with Gasteiger partial charge in [-0.25, -0.2) is 13.4 Å². The van der Waals surface area contributed by atoms with Crippen LogP contribution in [0.1, 0.15) is 13.8 Å². The molecule has 0 bridgehead atoms. The molecule has 0 aliphatic carbocycles. The topological polar surface area (TPSA) is 72.2 Å². The van der Waals surface area contributed by atoms with Crippen molar-refractivity contribution in [1.29, 1.82) is 0 Å². The molecule has 0 fully saturated rings. The summed E-state index contributed by atoms with van der Waals surface area (Å²) < 4.78 is 31.6. The van der Waals surface area contributed by atoms with E-state index in [2.05, 4.69) is 25.6 Å². The Morgan fingerprint density at radius 3 is 2.57 bits per heavy atom. The lowest BCUT2D eigenvalue weighted by Crippen LogP contribution is -2.09. The Bertz CT molecular complexity index is 920. The standard InChI is InChI=1S/C14H11BrN2O3S.C2H6/c1-21(18,19)17-11-4-2-3-9(7-11)14-16-12-6-5-10(15)8-13(12)20-14;1-2/h2-8,17H,1H3;1-2H3. The van der Waals surface area contributed by atoms with Crippen molar-refractivity contribution in [2.45, 2.75) is 13.8 Å². The summed E-state index contributed by atoms with van der Waals surface area (Å²) in [7, 11) is -3.31. The van der Waals surface area contributed by atoms with Crippen LogP contribution < -0.4 is 4.72 Å². The maximum Gasteiger partial charge on any atom is 0.229 e. The van der Waals surface area contributed by atoms with Crippen molar-refractivity contribution >= 4 is 42.7 Å². The highest BCUT2D eigenvalue weighted by atomic mass is 79.9. The summed E-state index contributed by atoms with van der Waals surface area (Å²) in [6, 6.07) is 12.5. The zero-order chi connectivity index (χ0) is 17.0. The molecule has 0 saturated carbocycles. The van der Waals surface area contributed by atoms with Crippen molar-refractivity contribution in [2.75, 3.05) is 11.0 Å². The Labute approximate surface area is 143 Å². The molecule has 1 N–H and O–H groups in total. The summed E-state index contributed by atoms with van der Waals surface area (Å²) in [5.41, 5.74) is 2.59. The summed E-state index contributed by atoms with van der Waals surface area (Å²) >= 11 is 3.38. The first-order valence-corrected chi connectivity index (χ1v) is 9.73. The Morgan fingerprint density at radius 2 is 1.87 bits per heavy atom. The Morgan fingerprint density at radius 1 is 1.13 bits per heavy atom. The van der Waals surface area contributed by atoms with Crippen molar-refractivity contribution in [3.05, 3.63) is 46.9 Å². The number of nitrogens with zero attached hydrogens (tertiary/aromatic N) is 1. The van der Waals surface area contributed by atoms with Crippen LogP contribution in [0.4, 0.5) is 5.69 Å². The van der Waals surface area contributed by atoms with Gasteiger partial charge in [0.25, 0.3) is 0 Å². The number of sulfonamides is 1. The van der Waals surface area contributed by atoms with Crippen molar-refractivity contribution in [3.63, 3.8) is 0 Å². The largest absolute Gasteiger partial charge is 0.436 e. The number of oxazole rings is 1. The van der Waals surface area contributed by atoms with E-state index in [9.17, 15) is 8.42 Å². The third-order valence-corrected chi connectivity index (χ3v) is 3.86. The summed E-state index contributed by atoms with van der Waals surface area (Å²) in [5.74, 6) is 0.445. The smallest absolute Gasteiger partial charge is 0.229 e. The Balaban J connectivity index is 0.000000924. The lowest BCUT2D eigenvalue weighted by atomic mass is 10.2. The van der Waals surface area contributed by atoms with Crippen LogP contribution in [0.25, 0.3) is 22.6 Å². The maximum absolute atomic E-state index is 11.3. The molecule has 1 heterocycles. The first-order valence-electron chi connectivity index (χ1n) is 7.05. The SMILES string of the molecule is CC.CS(=O)(=O)Nc1cccc(-c2nc3ccc(Br)cc3o2)c1. The van der Waals surface area contributed by atoms with Gasteiger partial charge >= 0.3 is 0 Å². The van der Waals surface area contributed by atoms with Crippen LogP contribution in [0.2, 0.25) is 0 Å². The fraction of sp³-hybridized carbons (Fsp3) is 0.188. The van der Waals surface area contributed by atoms with Gasteiger partial charge in [-0.3, -0.25) is 4.72 Å². The molecule has 122 valence electrons. The molecule has 3 aromatic rings. The second kappa shape index (κ2) is 7.14. The molecule has 1 aromatic heterocycles. The van der Waals surface area contributed by atoms with E-state index >= 15 is 0 Å². The molecule has 5 nitrogen and oxygen atoms in total. The minimum atomic E-state index is -3.31. The van der Waals surface area contributed by atoms with Crippen molar-refractivity contribution in [1.82, 2.24) is 4.98 Å². The van der Waals surface area contributed by atoms with Crippen LogP contribution in [0.5, 0.6) is 0 Å². The summed E-state index contributed by atoms with van der Waals surface area (Å²) in [6.07, 6.45) is 1.11. The molecule has 3 rings (SSSR count). The molecule has 0 unspecified atom stereocenters. The number of hydrogen-bond donors (Lipinski definition) is 1. The average Bonchev–Trinajstić information content (AvgIpc) is 2.91. The Hall–Kier alpha value is -1.86. The van der Waals surface area contributed by atoms with E-state index < -0.39 is 10.0 Å². The Kier molecular flexibility index (Phi) is 5.43. The minimum absolute atomic E-state index is 0.445. The predicted octanol–water partition coefficient (Wildman–Crippen LogP) is 4.66. The quantitative estimate of drug-likeness (QED) is 0.698. The molecule has 0 aliphatic heterocycles. The predicted molar refractivity (Wildman–Crippen MR) is 97.0 cm³/mol. The fourth-order valence-electron chi connectivity index (χ4n) is 1.95. The zero-order valence-electron chi connectivity index (χ0n) is 13.0. The van der Waals surface area contributed by atoms with Gasteiger partial charge in [0.2, 0.25) is 15.9 Å². The number of halogens is 1. The molecule has 0 radical (unpaired) electrons. The molecule has 0 amide bonds. The monoisotopic (exact) mass is 396 g/mol. The summed E-state index contributed by atoms with van der Waals surface area (Å²) in [4.78, 5) is 4.40. The van der Waals surface area contributed by atoms with E-state index in [1.54, 1.807) is 18.2 Å². The van der Waals surface area contributed by atoms with Crippen molar-refractivity contribution in [3.8, 4) is 11.5 Å². The first kappa shape index (κ1) is 17.5. The van der Waals surface area contributed by atoms with E-state index in [-0.39, 0.29) is 0 Å². The highest BCUT2D eigenvalue weighted by molar-refractivity contribution is 9.10. The van der Waals surface area contributed by atoms with E-state index in [0.717, 1.165) is 16.2 Å². The van der Waals surface area contributed by atoms with Gasteiger partial charge in [-0.05, 0) is 36.4 Å². The van der Waals surface area contributed by atoms with Gasteiger partial charge in [-0.1, -0.05) is 35.8 Å². The van der Waals surface area contributed by atoms with E-state index in [1.807, 2.05) is 38.1 Å².